The fourth-order valence-corrected chi connectivity index (χ4v) is 2.76. The van der Waals surface area contributed by atoms with Crippen LogP contribution in [0.4, 0.5) is 18.0 Å². The number of halogens is 3. The van der Waals surface area contributed by atoms with Crippen molar-refractivity contribution >= 4 is 6.09 Å². The maximum atomic E-state index is 12.9. The molecular weight excluding hydrogens is 323 g/mol. The van der Waals surface area contributed by atoms with Crippen LogP contribution in [0.1, 0.15) is 50.7 Å². The van der Waals surface area contributed by atoms with Gasteiger partial charge in [-0.05, 0) is 57.2 Å². The number of alkyl halides is 3. The van der Waals surface area contributed by atoms with Gasteiger partial charge in [0, 0.05) is 13.1 Å². The number of rotatable bonds is 1. The van der Waals surface area contributed by atoms with Crippen molar-refractivity contribution in [3.05, 3.63) is 29.3 Å². The van der Waals surface area contributed by atoms with E-state index in [1.807, 2.05) is 0 Å². The Labute approximate surface area is 139 Å². The Morgan fingerprint density at radius 1 is 1.21 bits per heavy atom. The number of nitrogens with zero attached hydrogens (tertiary/aromatic N) is 1. The van der Waals surface area contributed by atoms with Gasteiger partial charge in [0.1, 0.15) is 11.4 Å². The van der Waals surface area contributed by atoms with Gasteiger partial charge < -0.3 is 14.7 Å². The summed E-state index contributed by atoms with van der Waals surface area (Å²) in [7, 11) is 0. The van der Waals surface area contributed by atoms with E-state index in [0.717, 1.165) is 12.1 Å². The number of hydrogen-bond acceptors (Lipinski definition) is 3. The molecule has 0 unspecified atom stereocenters. The second-order valence-electron chi connectivity index (χ2n) is 7.02. The number of carbonyl (C=O) groups excluding carboxylic acids is 1. The Morgan fingerprint density at radius 2 is 1.79 bits per heavy atom. The molecule has 0 aromatic heterocycles. The van der Waals surface area contributed by atoms with E-state index in [0.29, 0.717) is 31.5 Å². The highest BCUT2D eigenvalue weighted by molar-refractivity contribution is 5.68. The van der Waals surface area contributed by atoms with Crippen LogP contribution in [-0.2, 0) is 10.9 Å². The molecule has 1 amide bonds. The third kappa shape index (κ3) is 4.55. The van der Waals surface area contributed by atoms with Crippen LogP contribution in [0.3, 0.4) is 0 Å². The van der Waals surface area contributed by atoms with Crippen molar-refractivity contribution < 1.29 is 27.8 Å². The van der Waals surface area contributed by atoms with Crippen molar-refractivity contribution in [2.24, 2.45) is 0 Å². The van der Waals surface area contributed by atoms with Crippen LogP contribution in [0.5, 0.6) is 5.75 Å². The lowest BCUT2D eigenvalue weighted by Crippen LogP contribution is -2.41. The second kappa shape index (κ2) is 6.53. The van der Waals surface area contributed by atoms with Crippen molar-refractivity contribution in [1.29, 1.82) is 0 Å². The molecule has 7 heteroatoms. The largest absolute Gasteiger partial charge is 0.507 e. The third-order valence-electron chi connectivity index (χ3n) is 3.94. The molecule has 0 bridgehead atoms. The van der Waals surface area contributed by atoms with E-state index in [4.69, 9.17) is 4.74 Å². The van der Waals surface area contributed by atoms with E-state index in [2.05, 4.69) is 0 Å². The zero-order valence-corrected chi connectivity index (χ0v) is 14.0. The van der Waals surface area contributed by atoms with Gasteiger partial charge in [-0.15, -0.1) is 0 Å². The van der Waals surface area contributed by atoms with Crippen LogP contribution in [-0.4, -0.2) is 34.8 Å². The molecule has 1 aromatic rings. The van der Waals surface area contributed by atoms with Gasteiger partial charge in [-0.2, -0.15) is 13.2 Å². The molecule has 0 atom stereocenters. The highest BCUT2D eigenvalue weighted by Gasteiger charge is 2.35. The number of carbonyl (C=O) groups is 1. The van der Waals surface area contributed by atoms with E-state index in [9.17, 15) is 23.1 Å². The topological polar surface area (TPSA) is 49.8 Å². The Morgan fingerprint density at radius 3 is 2.29 bits per heavy atom. The van der Waals surface area contributed by atoms with Crippen molar-refractivity contribution in [3.8, 4) is 5.75 Å². The van der Waals surface area contributed by atoms with Gasteiger partial charge in [0.05, 0.1) is 5.56 Å². The summed E-state index contributed by atoms with van der Waals surface area (Å²) in [5.41, 5.74) is -1.06. The van der Waals surface area contributed by atoms with Crippen LogP contribution >= 0.6 is 0 Å². The summed E-state index contributed by atoms with van der Waals surface area (Å²) in [6, 6.07) is 3.60. The maximum absolute atomic E-state index is 12.9. The van der Waals surface area contributed by atoms with Crippen LogP contribution in [0.25, 0.3) is 0 Å². The predicted molar refractivity (Wildman–Crippen MR) is 82.9 cm³/mol. The van der Waals surface area contributed by atoms with E-state index >= 15 is 0 Å². The molecule has 24 heavy (non-hydrogen) atoms. The van der Waals surface area contributed by atoms with Crippen LogP contribution in [0, 0.1) is 0 Å². The van der Waals surface area contributed by atoms with Gasteiger partial charge in [-0.3, -0.25) is 0 Å². The van der Waals surface area contributed by atoms with E-state index in [1.54, 1.807) is 25.7 Å². The summed E-state index contributed by atoms with van der Waals surface area (Å²) in [6.45, 7) is 6.22. The van der Waals surface area contributed by atoms with Gasteiger partial charge in [-0.1, -0.05) is 6.07 Å². The van der Waals surface area contributed by atoms with Crippen molar-refractivity contribution in [3.63, 3.8) is 0 Å². The second-order valence-corrected chi connectivity index (χ2v) is 7.02. The Bertz CT molecular complexity index is 600. The summed E-state index contributed by atoms with van der Waals surface area (Å²) in [5.74, 6) is -0.845. The molecule has 1 saturated heterocycles. The molecule has 2 rings (SSSR count). The minimum atomic E-state index is -4.59. The minimum absolute atomic E-state index is 0.0783. The standard InChI is InChI=1S/C17H22F3NO3/c1-16(2,3)24-15(23)21-8-6-11(7-9-21)12-4-5-14(22)13(10-12)17(18,19)20/h4-5,10-11,22H,6-9H2,1-3H3. The number of hydrogen-bond donors (Lipinski definition) is 1. The zero-order valence-electron chi connectivity index (χ0n) is 14.0. The van der Waals surface area contributed by atoms with E-state index in [-0.39, 0.29) is 5.92 Å². The molecule has 0 aliphatic carbocycles. The molecule has 1 aliphatic heterocycles. The summed E-state index contributed by atoms with van der Waals surface area (Å²) in [5, 5.41) is 9.40. The van der Waals surface area contributed by atoms with Crippen molar-refractivity contribution in [2.75, 3.05) is 13.1 Å². The van der Waals surface area contributed by atoms with Crippen LogP contribution in [0.15, 0.2) is 18.2 Å². The average molecular weight is 345 g/mol. The number of aromatic hydroxyl groups is 1. The average Bonchev–Trinajstić information content (AvgIpc) is 2.45. The molecule has 1 heterocycles. The van der Waals surface area contributed by atoms with E-state index in [1.165, 1.54) is 6.07 Å². The normalized spacial score (nSPS) is 17.0. The highest BCUT2D eigenvalue weighted by Crippen LogP contribution is 2.39. The fraction of sp³-hybridized carbons (Fsp3) is 0.588. The number of amides is 1. The lowest BCUT2D eigenvalue weighted by molar-refractivity contribution is -0.138. The van der Waals surface area contributed by atoms with Gasteiger partial charge in [0.25, 0.3) is 0 Å². The Hall–Kier alpha value is -1.92. The lowest BCUT2D eigenvalue weighted by atomic mass is 9.88. The fourth-order valence-electron chi connectivity index (χ4n) is 2.76. The number of benzene rings is 1. The smallest absolute Gasteiger partial charge is 0.419 e. The molecule has 134 valence electrons. The number of piperidine rings is 1. The predicted octanol–water partition coefficient (Wildman–Crippen LogP) is 4.53. The molecule has 1 aliphatic rings. The number of likely N-dealkylation sites (tertiary alicyclic amines) is 1. The van der Waals surface area contributed by atoms with Crippen molar-refractivity contribution in [2.45, 2.75) is 51.3 Å². The molecule has 1 aromatic carbocycles. The molecule has 0 saturated carbocycles. The minimum Gasteiger partial charge on any atom is -0.507 e. The van der Waals surface area contributed by atoms with E-state index < -0.39 is 29.2 Å². The first-order valence-electron chi connectivity index (χ1n) is 7.85. The molecular formula is C17H22F3NO3. The summed E-state index contributed by atoms with van der Waals surface area (Å²) >= 11 is 0. The Balaban J connectivity index is 2.04. The molecule has 1 fully saturated rings. The maximum Gasteiger partial charge on any atom is 0.419 e. The number of ether oxygens (including phenoxy) is 1. The number of phenols is 1. The van der Waals surface area contributed by atoms with Crippen molar-refractivity contribution in [1.82, 2.24) is 4.90 Å². The Kier molecular flexibility index (Phi) is 5.01. The first-order valence-corrected chi connectivity index (χ1v) is 7.85. The van der Waals surface area contributed by atoms with Gasteiger partial charge in [-0.25, -0.2) is 4.79 Å². The zero-order chi connectivity index (χ0) is 18.1. The molecule has 0 spiro atoms. The molecule has 4 nitrogen and oxygen atoms in total. The summed E-state index contributed by atoms with van der Waals surface area (Å²) in [4.78, 5) is 13.6. The summed E-state index contributed by atoms with van der Waals surface area (Å²) < 4.78 is 44.0. The third-order valence-corrected chi connectivity index (χ3v) is 3.94. The van der Waals surface area contributed by atoms with Gasteiger partial charge in [0.15, 0.2) is 0 Å². The number of phenolic OH excluding ortho intramolecular Hbond substituents is 1. The van der Waals surface area contributed by atoms with Gasteiger partial charge in [0.2, 0.25) is 0 Å². The molecule has 0 radical (unpaired) electrons. The highest BCUT2D eigenvalue weighted by atomic mass is 19.4. The van der Waals surface area contributed by atoms with Crippen LogP contribution in [0.2, 0.25) is 0 Å². The first-order chi connectivity index (χ1) is 11.0. The quantitative estimate of drug-likeness (QED) is 0.814. The molecule has 1 N–H and O–H groups in total. The first kappa shape index (κ1) is 18.4. The summed E-state index contributed by atoms with van der Waals surface area (Å²) in [6.07, 6.45) is -3.87. The lowest BCUT2D eigenvalue weighted by Gasteiger charge is -2.33. The van der Waals surface area contributed by atoms with Crippen LogP contribution < -0.4 is 0 Å². The van der Waals surface area contributed by atoms with Gasteiger partial charge >= 0.3 is 12.3 Å². The monoisotopic (exact) mass is 345 g/mol. The SMILES string of the molecule is CC(C)(C)OC(=O)N1CCC(c2ccc(O)c(C(F)(F)F)c2)CC1.